The van der Waals surface area contributed by atoms with Crippen molar-refractivity contribution in [1.29, 1.82) is 0 Å². The summed E-state index contributed by atoms with van der Waals surface area (Å²) in [4.78, 5) is 10.9. The first-order valence-electron chi connectivity index (χ1n) is 4.58. The minimum absolute atomic E-state index is 0.266. The normalized spacial score (nSPS) is 12.4. The van der Waals surface area contributed by atoms with E-state index in [2.05, 4.69) is 5.14 Å². The summed E-state index contributed by atoms with van der Waals surface area (Å²) in [6.45, 7) is 3.18. The van der Waals surface area contributed by atoms with Crippen molar-refractivity contribution in [2.45, 2.75) is 20.0 Å². The van der Waals surface area contributed by atoms with Crippen molar-refractivity contribution in [3.63, 3.8) is 0 Å². The van der Waals surface area contributed by atoms with E-state index in [-0.39, 0.29) is 5.56 Å². The minimum Gasteiger partial charge on any atom is -0.760 e. The number of carbonyl (C=O) groups is 1. The van der Waals surface area contributed by atoms with Gasteiger partial charge in [-0.15, -0.1) is 0 Å². The van der Waals surface area contributed by atoms with Crippen LogP contribution < -0.4 is 5.14 Å². The van der Waals surface area contributed by atoms with E-state index >= 15 is 0 Å². The number of ketones is 1. The van der Waals surface area contributed by atoms with Crippen LogP contribution in [0.5, 0.6) is 0 Å². The molecule has 0 spiro atoms. The highest BCUT2D eigenvalue weighted by Crippen LogP contribution is 2.24. The lowest BCUT2D eigenvalue weighted by Crippen LogP contribution is -2.23. The van der Waals surface area contributed by atoms with Gasteiger partial charge in [0.15, 0.2) is 0 Å². The van der Waals surface area contributed by atoms with Crippen LogP contribution in [0.4, 0.5) is 13.2 Å². The number of hydrogen-bond donors (Lipinski definition) is 1. The standard InChI is InChI=1S/C10H9F3O.H3NO2S/c1-6-4-3-5-8(7(6)2)9(14)10(11,12)13;1-4(2)3/h3-5H,1-2H3;1H2,(H,2,3)/p-1. The lowest BCUT2D eigenvalue weighted by atomic mass is 10.00. The Bertz CT molecular complexity index is 456. The fourth-order valence-electron chi connectivity index (χ4n) is 1.15. The largest absolute Gasteiger partial charge is 0.760 e. The first-order chi connectivity index (χ1) is 8.07. The lowest BCUT2D eigenvalue weighted by Gasteiger charge is -2.09. The van der Waals surface area contributed by atoms with Crippen molar-refractivity contribution in [3.05, 3.63) is 34.9 Å². The van der Waals surface area contributed by atoms with Gasteiger partial charge in [0.1, 0.15) is 0 Å². The Balaban J connectivity index is 0.000000631. The fourth-order valence-corrected chi connectivity index (χ4v) is 1.15. The molecule has 1 aromatic rings. The van der Waals surface area contributed by atoms with Crippen molar-refractivity contribution in [2.75, 3.05) is 0 Å². The van der Waals surface area contributed by atoms with E-state index in [9.17, 15) is 18.0 Å². The molecule has 0 heterocycles. The highest BCUT2D eigenvalue weighted by molar-refractivity contribution is 7.76. The average Bonchev–Trinajstić information content (AvgIpc) is 2.19. The lowest BCUT2D eigenvalue weighted by molar-refractivity contribution is -0.0885. The van der Waals surface area contributed by atoms with Crippen LogP contribution in [-0.4, -0.2) is 20.7 Å². The molecule has 0 saturated carbocycles. The molecule has 0 radical (unpaired) electrons. The molecule has 0 amide bonds. The molecule has 2 N–H and O–H groups in total. The molecule has 18 heavy (non-hydrogen) atoms. The van der Waals surface area contributed by atoms with Crippen molar-refractivity contribution < 1.29 is 26.7 Å². The zero-order chi connectivity index (χ0) is 14.5. The predicted molar refractivity (Wildman–Crippen MR) is 59.4 cm³/mol. The van der Waals surface area contributed by atoms with Crippen molar-refractivity contribution in [3.8, 4) is 0 Å². The van der Waals surface area contributed by atoms with E-state index in [1.165, 1.54) is 19.1 Å². The van der Waals surface area contributed by atoms with Crippen molar-refractivity contribution in [1.82, 2.24) is 0 Å². The molecule has 4 nitrogen and oxygen atoms in total. The Hall–Kier alpha value is -1.25. The zero-order valence-electron chi connectivity index (χ0n) is 9.58. The maximum absolute atomic E-state index is 12.1. The Labute approximate surface area is 104 Å². The third-order valence-electron chi connectivity index (χ3n) is 2.11. The zero-order valence-corrected chi connectivity index (χ0v) is 10.4. The van der Waals surface area contributed by atoms with Gasteiger partial charge in [-0.05, 0) is 25.0 Å². The maximum Gasteiger partial charge on any atom is 0.454 e. The monoisotopic (exact) mass is 282 g/mol. The van der Waals surface area contributed by atoms with Crippen LogP contribution in [0.1, 0.15) is 21.5 Å². The van der Waals surface area contributed by atoms with Gasteiger partial charge >= 0.3 is 6.18 Å². The van der Waals surface area contributed by atoms with Gasteiger partial charge in [0.05, 0.1) is 0 Å². The summed E-state index contributed by atoms with van der Waals surface area (Å²) in [6.07, 6.45) is -4.79. The number of carbonyl (C=O) groups excluding carboxylic acids is 1. The summed E-state index contributed by atoms with van der Waals surface area (Å²) in [7, 11) is 0. The number of benzene rings is 1. The predicted octanol–water partition coefficient (Wildman–Crippen LogP) is 1.79. The molecular weight excluding hydrogens is 271 g/mol. The molecule has 0 saturated heterocycles. The molecule has 0 aliphatic carbocycles. The average molecular weight is 282 g/mol. The summed E-state index contributed by atoms with van der Waals surface area (Å²) in [5.74, 6) is -1.78. The molecule has 0 aromatic heterocycles. The molecule has 1 atom stereocenters. The first kappa shape index (κ1) is 16.8. The molecule has 1 rings (SSSR count). The Morgan fingerprint density at radius 1 is 1.33 bits per heavy atom. The minimum atomic E-state index is -4.79. The summed E-state index contributed by atoms with van der Waals surface area (Å²) in [6, 6.07) is 4.31. The molecule has 8 heteroatoms. The van der Waals surface area contributed by atoms with Gasteiger partial charge in [-0.25, -0.2) is 0 Å². The van der Waals surface area contributed by atoms with Crippen LogP contribution in [0.2, 0.25) is 0 Å². The van der Waals surface area contributed by atoms with Crippen LogP contribution in [0, 0.1) is 13.8 Å². The quantitative estimate of drug-likeness (QED) is 0.629. The molecule has 1 unspecified atom stereocenters. The molecule has 0 aliphatic rings. The number of halogens is 3. The fraction of sp³-hybridized carbons (Fsp3) is 0.300. The van der Waals surface area contributed by atoms with Crippen molar-refractivity contribution in [2.24, 2.45) is 5.14 Å². The van der Waals surface area contributed by atoms with E-state index in [1.807, 2.05) is 0 Å². The van der Waals surface area contributed by atoms with Gasteiger partial charge in [0.25, 0.3) is 5.78 Å². The molecule has 0 fully saturated rings. The SMILES string of the molecule is Cc1cccc(C(=O)C(F)(F)F)c1C.NS(=O)[O-]. The summed E-state index contributed by atoms with van der Waals surface area (Å²) >= 11 is -2.36. The number of hydrogen-bond acceptors (Lipinski definition) is 3. The smallest absolute Gasteiger partial charge is 0.454 e. The Kier molecular flexibility index (Phi) is 6.16. The van der Waals surface area contributed by atoms with Crippen LogP contribution in [0.25, 0.3) is 0 Å². The van der Waals surface area contributed by atoms with Crippen molar-refractivity contribution >= 4 is 17.0 Å². The van der Waals surface area contributed by atoms with Crippen LogP contribution in [0.3, 0.4) is 0 Å². The van der Waals surface area contributed by atoms with Crippen LogP contribution in [0.15, 0.2) is 18.2 Å². The number of nitrogens with two attached hydrogens (primary N) is 1. The van der Waals surface area contributed by atoms with E-state index < -0.39 is 23.2 Å². The van der Waals surface area contributed by atoms with E-state index in [1.54, 1.807) is 13.0 Å². The number of Topliss-reactive ketones (excluding diaryl/α,β-unsaturated/α-hetero) is 1. The molecule has 0 aliphatic heterocycles. The maximum atomic E-state index is 12.1. The summed E-state index contributed by atoms with van der Waals surface area (Å²) in [5.41, 5.74) is 0.799. The number of alkyl halides is 3. The third-order valence-corrected chi connectivity index (χ3v) is 2.11. The molecule has 1 aromatic carbocycles. The van der Waals surface area contributed by atoms with Crippen LogP contribution >= 0.6 is 0 Å². The van der Waals surface area contributed by atoms with Crippen LogP contribution in [-0.2, 0) is 11.3 Å². The number of aryl methyl sites for hydroxylation is 1. The number of rotatable bonds is 1. The van der Waals surface area contributed by atoms with Gasteiger partial charge in [-0.3, -0.25) is 14.1 Å². The Morgan fingerprint density at radius 2 is 1.78 bits per heavy atom. The molecular formula is C10H11F3NO3S-. The van der Waals surface area contributed by atoms with E-state index in [4.69, 9.17) is 8.76 Å². The highest BCUT2D eigenvalue weighted by Gasteiger charge is 2.39. The summed E-state index contributed by atoms with van der Waals surface area (Å²) in [5, 5.41) is 4.03. The topological polar surface area (TPSA) is 83.2 Å². The van der Waals surface area contributed by atoms with Gasteiger partial charge in [-0.1, -0.05) is 18.2 Å². The molecule has 102 valence electrons. The second kappa shape index (κ2) is 6.62. The van der Waals surface area contributed by atoms with Gasteiger partial charge in [-0.2, -0.15) is 13.2 Å². The van der Waals surface area contributed by atoms with E-state index in [0.29, 0.717) is 11.1 Å². The Morgan fingerprint density at radius 3 is 2.17 bits per heavy atom. The third kappa shape index (κ3) is 5.39. The van der Waals surface area contributed by atoms with Gasteiger partial charge in [0, 0.05) is 16.8 Å². The van der Waals surface area contributed by atoms with Gasteiger partial charge < -0.3 is 4.55 Å². The first-order valence-corrected chi connectivity index (χ1v) is 5.72. The molecule has 0 bridgehead atoms. The summed E-state index contributed by atoms with van der Waals surface area (Å²) < 4.78 is 53.8. The highest BCUT2D eigenvalue weighted by atomic mass is 32.2. The van der Waals surface area contributed by atoms with Gasteiger partial charge in [0.2, 0.25) is 0 Å². The second-order valence-corrected chi connectivity index (χ2v) is 3.86. The second-order valence-electron chi connectivity index (χ2n) is 3.33. The van der Waals surface area contributed by atoms with E-state index in [0.717, 1.165) is 0 Å².